The first kappa shape index (κ1) is 11.1. The van der Waals surface area contributed by atoms with E-state index in [0.717, 1.165) is 5.56 Å². The Balaban J connectivity index is 3.00. The van der Waals surface area contributed by atoms with Crippen molar-refractivity contribution in [3.05, 3.63) is 29.8 Å². The summed E-state index contributed by atoms with van der Waals surface area (Å²) in [6.07, 6.45) is 0. The fourth-order valence-corrected chi connectivity index (χ4v) is 1.38. The van der Waals surface area contributed by atoms with Crippen LogP contribution in [0.25, 0.3) is 0 Å². The van der Waals surface area contributed by atoms with Crippen LogP contribution in [0.4, 0.5) is 0 Å². The van der Waals surface area contributed by atoms with Gasteiger partial charge in [-0.3, -0.25) is 4.79 Å². The number of alkyl halides is 1. The summed E-state index contributed by atoms with van der Waals surface area (Å²) in [5.41, 5.74) is 0.739. The number of hydrogen-bond donors (Lipinski definition) is 0. The highest BCUT2D eigenvalue weighted by Crippen LogP contribution is 2.29. The van der Waals surface area contributed by atoms with Crippen LogP contribution >= 0.6 is 11.6 Å². The molecule has 1 unspecified atom stereocenters. The zero-order valence-corrected chi connectivity index (χ0v) is 9.04. The smallest absolute Gasteiger partial charge is 0.152 e. The Hall–Kier alpha value is -1.02. The third-order valence-corrected chi connectivity index (χ3v) is 2.39. The number of hydrogen-bond acceptors (Lipinski definition) is 2. The maximum atomic E-state index is 11.1. The van der Waals surface area contributed by atoms with E-state index in [0.29, 0.717) is 12.4 Å². The lowest BCUT2D eigenvalue weighted by molar-refractivity contribution is -0.116. The normalized spacial score (nSPS) is 12.2. The van der Waals surface area contributed by atoms with E-state index in [1.54, 1.807) is 0 Å². The van der Waals surface area contributed by atoms with Gasteiger partial charge in [-0.15, -0.1) is 11.6 Å². The number of benzene rings is 1. The van der Waals surface area contributed by atoms with Gasteiger partial charge in [0.15, 0.2) is 5.78 Å². The molecule has 1 rings (SSSR count). The second kappa shape index (κ2) is 5.01. The largest absolute Gasteiger partial charge is 0.494 e. The lowest BCUT2D eigenvalue weighted by atomic mass is 10.1. The Bertz CT molecular complexity index is 323. The number of rotatable bonds is 4. The summed E-state index contributed by atoms with van der Waals surface area (Å²) in [6, 6.07) is 7.33. The molecule has 0 aliphatic rings. The minimum absolute atomic E-state index is 0.0705. The van der Waals surface area contributed by atoms with Gasteiger partial charge in [0.2, 0.25) is 0 Å². The van der Waals surface area contributed by atoms with E-state index < -0.39 is 5.38 Å². The number of para-hydroxylation sites is 1. The Labute approximate surface area is 88.8 Å². The molecule has 0 heterocycles. The van der Waals surface area contributed by atoms with E-state index >= 15 is 0 Å². The lowest BCUT2D eigenvalue weighted by Crippen LogP contribution is -2.04. The highest BCUT2D eigenvalue weighted by atomic mass is 35.5. The molecular weight excluding hydrogens is 200 g/mol. The van der Waals surface area contributed by atoms with E-state index in [4.69, 9.17) is 16.3 Å². The topological polar surface area (TPSA) is 26.3 Å². The number of halogens is 1. The molecular formula is C11H13ClO2. The SMILES string of the molecule is CCOc1ccccc1C(Cl)C(C)=O. The predicted octanol–water partition coefficient (Wildman–Crippen LogP) is 2.95. The van der Waals surface area contributed by atoms with E-state index in [1.807, 2.05) is 31.2 Å². The first-order valence-electron chi connectivity index (χ1n) is 4.53. The molecule has 1 aromatic rings. The minimum Gasteiger partial charge on any atom is -0.494 e. The highest BCUT2D eigenvalue weighted by Gasteiger charge is 2.16. The number of ketones is 1. The average molecular weight is 213 g/mol. The van der Waals surface area contributed by atoms with Crippen LogP contribution < -0.4 is 4.74 Å². The van der Waals surface area contributed by atoms with Gasteiger partial charge in [-0.25, -0.2) is 0 Å². The van der Waals surface area contributed by atoms with Crippen LogP contribution in [0.1, 0.15) is 24.8 Å². The van der Waals surface area contributed by atoms with Crippen molar-refractivity contribution in [1.29, 1.82) is 0 Å². The molecule has 0 bridgehead atoms. The molecule has 0 N–H and O–H groups in total. The van der Waals surface area contributed by atoms with Gasteiger partial charge >= 0.3 is 0 Å². The molecule has 0 aliphatic heterocycles. The highest BCUT2D eigenvalue weighted by molar-refractivity contribution is 6.31. The van der Waals surface area contributed by atoms with Gasteiger partial charge < -0.3 is 4.74 Å². The fourth-order valence-electron chi connectivity index (χ4n) is 1.20. The minimum atomic E-state index is -0.613. The van der Waals surface area contributed by atoms with Crippen LogP contribution in [-0.4, -0.2) is 12.4 Å². The van der Waals surface area contributed by atoms with Gasteiger partial charge in [-0.05, 0) is 19.9 Å². The van der Waals surface area contributed by atoms with Crippen molar-refractivity contribution in [2.24, 2.45) is 0 Å². The first-order valence-corrected chi connectivity index (χ1v) is 4.96. The quantitative estimate of drug-likeness (QED) is 0.718. The Morgan fingerprint density at radius 3 is 2.71 bits per heavy atom. The molecule has 2 nitrogen and oxygen atoms in total. The van der Waals surface area contributed by atoms with Crippen molar-refractivity contribution in [3.63, 3.8) is 0 Å². The van der Waals surface area contributed by atoms with Crippen LogP contribution in [0, 0.1) is 0 Å². The molecule has 0 radical (unpaired) electrons. The van der Waals surface area contributed by atoms with E-state index in [-0.39, 0.29) is 5.78 Å². The number of carbonyl (C=O) groups is 1. The average Bonchev–Trinajstić information content (AvgIpc) is 2.18. The van der Waals surface area contributed by atoms with E-state index in [2.05, 4.69) is 0 Å². The van der Waals surface area contributed by atoms with Crippen LogP contribution in [0.2, 0.25) is 0 Å². The van der Waals surface area contributed by atoms with Gasteiger partial charge in [0.1, 0.15) is 11.1 Å². The van der Waals surface area contributed by atoms with Crippen molar-refractivity contribution in [2.45, 2.75) is 19.2 Å². The molecule has 76 valence electrons. The van der Waals surface area contributed by atoms with Crippen LogP contribution in [0.15, 0.2) is 24.3 Å². The van der Waals surface area contributed by atoms with Gasteiger partial charge in [0, 0.05) is 5.56 Å². The molecule has 0 fully saturated rings. The first-order chi connectivity index (χ1) is 6.66. The molecule has 14 heavy (non-hydrogen) atoms. The van der Waals surface area contributed by atoms with Crippen molar-refractivity contribution in [2.75, 3.05) is 6.61 Å². The summed E-state index contributed by atoms with van der Waals surface area (Å²) in [5, 5.41) is -0.613. The number of ether oxygens (including phenoxy) is 1. The molecule has 0 saturated carbocycles. The summed E-state index contributed by atoms with van der Waals surface area (Å²) in [4.78, 5) is 11.1. The van der Waals surface area contributed by atoms with Gasteiger partial charge in [-0.2, -0.15) is 0 Å². The van der Waals surface area contributed by atoms with Crippen molar-refractivity contribution in [3.8, 4) is 5.75 Å². The van der Waals surface area contributed by atoms with Gasteiger partial charge in [0.05, 0.1) is 6.61 Å². The lowest BCUT2D eigenvalue weighted by Gasteiger charge is -2.12. The monoisotopic (exact) mass is 212 g/mol. The van der Waals surface area contributed by atoms with Crippen molar-refractivity contribution >= 4 is 17.4 Å². The molecule has 0 amide bonds. The Morgan fingerprint density at radius 1 is 1.50 bits per heavy atom. The zero-order chi connectivity index (χ0) is 10.6. The van der Waals surface area contributed by atoms with Gasteiger partial charge in [-0.1, -0.05) is 18.2 Å². The fraction of sp³-hybridized carbons (Fsp3) is 0.364. The number of Topliss-reactive ketones (excluding diaryl/α,β-unsaturated/α-hetero) is 1. The summed E-state index contributed by atoms with van der Waals surface area (Å²) >= 11 is 5.95. The Morgan fingerprint density at radius 2 is 2.14 bits per heavy atom. The third kappa shape index (κ3) is 2.48. The molecule has 3 heteroatoms. The maximum Gasteiger partial charge on any atom is 0.152 e. The predicted molar refractivity (Wildman–Crippen MR) is 56.9 cm³/mol. The summed E-state index contributed by atoms with van der Waals surface area (Å²) in [7, 11) is 0. The van der Waals surface area contributed by atoms with Crippen molar-refractivity contribution in [1.82, 2.24) is 0 Å². The summed E-state index contributed by atoms with van der Waals surface area (Å²) in [6.45, 7) is 3.94. The van der Waals surface area contributed by atoms with Crippen molar-refractivity contribution < 1.29 is 9.53 Å². The van der Waals surface area contributed by atoms with Crippen LogP contribution in [0.3, 0.4) is 0 Å². The summed E-state index contributed by atoms with van der Waals surface area (Å²) in [5.74, 6) is 0.615. The Kier molecular flexibility index (Phi) is 3.96. The third-order valence-electron chi connectivity index (χ3n) is 1.85. The molecule has 0 aromatic heterocycles. The number of carbonyl (C=O) groups excluding carboxylic acids is 1. The maximum absolute atomic E-state index is 11.1. The van der Waals surface area contributed by atoms with E-state index in [1.165, 1.54) is 6.92 Å². The molecule has 1 aromatic carbocycles. The second-order valence-corrected chi connectivity index (χ2v) is 3.38. The summed E-state index contributed by atoms with van der Waals surface area (Å²) < 4.78 is 5.37. The standard InChI is InChI=1S/C11H13ClO2/c1-3-14-10-7-5-4-6-9(10)11(12)8(2)13/h4-7,11H,3H2,1-2H3. The molecule has 0 spiro atoms. The zero-order valence-electron chi connectivity index (χ0n) is 8.29. The molecule has 1 atom stereocenters. The molecule has 0 aliphatic carbocycles. The second-order valence-electron chi connectivity index (χ2n) is 2.94. The molecule has 0 saturated heterocycles. The van der Waals surface area contributed by atoms with Gasteiger partial charge in [0.25, 0.3) is 0 Å². The van der Waals surface area contributed by atoms with E-state index in [9.17, 15) is 4.79 Å². The van der Waals surface area contributed by atoms with Crippen LogP contribution in [0.5, 0.6) is 5.75 Å². The van der Waals surface area contributed by atoms with Crippen LogP contribution in [-0.2, 0) is 4.79 Å².